The molecule has 1 heterocycles. The van der Waals surface area contributed by atoms with Crippen LogP contribution in [0.5, 0.6) is 5.75 Å². The molecule has 3 rings (SSSR count). The average molecular weight is 351 g/mol. The van der Waals surface area contributed by atoms with Gasteiger partial charge in [0.25, 0.3) is 11.5 Å². The number of carbonyl (C=O) groups excluding carboxylic acids is 1. The van der Waals surface area contributed by atoms with Crippen LogP contribution in [0.15, 0.2) is 53.3 Å². The second-order valence-corrected chi connectivity index (χ2v) is 6.03. The molecule has 0 unspecified atom stereocenters. The molecule has 0 spiro atoms. The minimum absolute atomic E-state index is 0.161. The number of rotatable bonds is 5. The molecule has 134 valence electrons. The minimum atomic E-state index is -0.306. The highest BCUT2D eigenvalue weighted by atomic mass is 16.5. The summed E-state index contributed by atoms with van der Waals surface area (Å²) in [5.41, 5.74) is 1.00. The highest BCUT2D eigenvalue weighted by Crippen LogP contribution is 2.21. The van der Waals surface area contributed by atoms with Crippen LogP contribution in [0.25, 0.3) is 10.8 Å². The number of ether oxygens (including phenoxy) is 1. The number of amides is 1. The minimum Gasteiger partial charge on any atom is -0.497 e. The third kappa shape index (κ3) is 3.31. The Morgan fingerprint density at radius 3 is 2.42 bits per heavy atom. The first-order valence-electron chi connectivity index (χ1n) is 8.46. The first kappa shape index (κ1) is 17.7. The smallest absolute Gasteiger partial charge is 0.274 e. The van der Waals surface area contributed by atoms with E-state index in [1.807, 2.05) is 31.2 Å². The van der Waals surface area contributed by atoms with Crippen LogP contribution in [-0.4, -0.2) is 22.8 Å². The summed E-state index contributed by atoms with van der Waals surface area (Å²) in [6.45, 7) is 2.00. The summed E-state index contributed by atoms with van der Waals surface area (Å²) >= 11 is 0. The van der Waals surface area contributed by atoms with Gasteiger partial charge in [-0.3, -0.25) is 9.59 Å². The van der Waals surface area contributed by atoms with E-state index in [4.69, 9.17) is 4.74 Å². The lowest BCUT2D eigenvalue weighted by Crippen LogP contribution is -2.32. The number of fused-ring (bicyclic) bond motifs is 1. The Kier molecular flexibility index (Phi) is 5.02. The maximum Gasteiger partial charge on any atom is 0.274 e. The Balaban J connectivity index is 1.95. The third-order valence-electron chi connectivity index (χ3n) is 4.40. The van der Waals surface area contributed by atoms with E-state index in [9.17, 15) is 9.59 Å². The van der Waals surface area contributed by atoms with Gasteiger partial charge in [-0.25, -0.2) is 4.68 Å². The van der Waals surface area contributed by atoms with Crippen molar-refractivity contribution in [1.82, 2.24) is 15.1 Å². The average Bonchev–Trinajstić information content (AvgIpc) is 2.68. The zero-order valence-electron chi connectivity index (χ0n) is 15.0. The summed E-state index contributed by atoms with van der Waals surface area (Å²) in [6.07, 6.45) is 0.724. The van der Waals surface area contributed by atoms with E-state index in [0.29, 0.717) is 10.8 Å². The van der Waals surface area contributed by atoms with E-state index in [1.165, 1.54) is 4.68 Å². The van der Waals surface area contributed by atoms with Gasteiger partial charge >= 0.3 is 0 Å². The number of nitrogens with zero attached hydrogens (tertiary/aromatic N) is 2. The van der Waals surface area contributed by atoms with Crippen molar-refractivity contribution < 1.29 is 9.53 Å². The SMILES string of the molecule is CC[C@@H](NC(=O)c1nn(C)c(=O)c2ccccc12)c1ccc(OC)cc1. The lowest BCUT2D eigenvalue weighted by molar-refractivity contribution is 0.0930. The topological polar surface area (TPSA) is 73.2 Å². The number of aryl methyl sites for hydroxylation is 1. The van der Waals surface area contributed by atoms with E-state index in [1.54, 1.807) is 38.4 Å². The number of hydrogen-bond acceptors (Lipinski definition) is 4. The summed E-state index contributed by atoms with van der Waals surface area (Å²) in [7, 11) is 3.16. The molecule has 26 heavy (non-hydrogen) atoms. The number of nitrogens with one attached hydrogen (secondary N) is 1. The van der Waals surface area contributed by atoms with Gasteiger partial charge in [-0.05, 0) is 30.2 Å². The van der Waals surface area contributed by atoms with Crippen LogP contribution in [0.3, 0.4) is 0 Å². The van der Waals surface area contributed by atoms with E-state index < -0.39 is 0 Å². The predicted molar refractivity (Wildman–Crippen MR) is 100 cm³/mol. The Morgan fingerprint density at radius 2 is 1.81 bits per heavy atom. The van der Waals surface area contributed by atoms with Crippen LogP contribution in [0.1, 0.15) is 35.4 Å². The van der Waals surface area contributed by atoms with E-state index >= 15 is 0 Å². The van der Waals surface area contributed by atoms with Gasteiger partial charge in [0.1, 0.15) is 5.75 Å². The van der Waals surface area contributed by atoms with Crippen molar-refractivity contribution in [1.29, 1.82) is 0 Å². The van der Waals surface area contributed by atoms with Crippen molar-refractivity contribution >= 4 is 16.7 Å². The molecule has 1 aromatic heterocycles. The van der Waals surface area contributed by atoms with Gasteiger partial charge < -0.3 is 10.1 Å². The molecule has 2 aromatic carbocycles. The number of carbonyl (C=O) groups is 1. The van der Waals surface area contributed by atoms with E-state index in [0.717, 1.165) is 17.7 Å². The molecule has 0 aliphatic heterocycles. The zero-order valence-corrected chi connectivity index (χ0v) is 15.0. The molecule has 0 saturated carbocycles. The van der Waals surface area contributed by atoms with Gasteiger partial charge in [-0.2, -0.15) is 5.10 Å². The zero-order chi connectivity index (χ0) is 18.7. The predicted octanol–water partition coefficient (Wildman–Crippen LogP) is 2.82. The van der Waals surface area contributed by atoms with Crippen LogP contribution >= 0.6 is 0 Å². The summed E-state index contributed by atoms with van der Waals surface area (Å²) in [6, 6.07) is 14.4. The maximum absolute atomic E-state index is 12.9. The molecule has 0 saturated heterocycles. The number of hydrogen-bond donors (Lipinski definition) is 1. The van der Waals surface area contributed by atoms with Crippen molar-refractivity contribution in [2.24, 2.45) is 7.05 Å². The monoisotopic (exact) mass is 351 g/mol. The second-order valence-electron chi connectivity index (χ2n) is 6.03. The first-order chi connectivity index (χ1) is 12.5. The van der Waals surface area contributed by atoms with Crippen LogP contribution < -0.4 is 15.6 Å². The van der Waals surface area contributed by atoms with Crippen molar-refractivity contribution in [3.63, 3.8) is 0 Å². The normalized spacial score (nSPS) is 12.0. The van der Waals surface area contributed by atoms with Crippen molar-refractivity contribution in [2.45, 2.75) is 19.4 Å². The summed E-state index contributed by atoms with van der Waals surface area (Å²) in [5, 5.41) is 8.23. The Labute approximate surface area is 151 Å². The molecule has 0 bridgehead atoms. The summed E-state index contributed by atoms with van der Waals surface area (Å²) < 4.78 is 6.38. The van der Waals surface area contributed by atoms with Gasteiger partial charge in [-0.15, -0.1) is 0 Å². The summed E-state index contributed by atoms with van der Waals surface area (Å²) in [5.74, 6) is 0.458. The third-order valence-corrected chi connectivity index (χ3v) is 4.40. The molecule has 0 fully saturated rings. The fourth-order valence-corrected chi connectivity index (χ4v) is 2.95. The molecule has 6 nitrogen and oxygen atoms in total. The van der Waals surface area contributed by atoms with Gasteiger partial charge in [0, 0.05) is 12.4 Å². The quantitative estimate of drug-likeness (QED) is 0.767. The second kappa shape index (κ2) is 7.39. The van der Waals surface area contributed by atoms with Crippen molar-refractivity contribution in [2.75, 3.05) is 7.11 Å². The lowest BCUT2D eigenvalue weighted by Gasteiger charge is -2.18. The van der Waals surface area contributed by atoms with E-state index in [2.05, 4.69) is 10.4 Å². The van der Waals surface area contributed by atoms with Gasteiger partial charge in [-0.1, -0.05) is 37.3 Å². The van der Waals surface area contributed by atoms with Crippen LogP contribution in [0.2, 0.25) is 0 Å². The molecule has 0 aliphatic rings. The largest absolute Gasteiger partial charge is 0.497 e. The Bertz CT molecular complexity index is 993. The molecule has 1 N–H and O–H groups in total. The van der Waals surface area contributed by atoms with Gasteiger partial charge in [0.15, 0.2) is 5.69 Å². The van der Waals surface area contributed by atoms with Crippen LogP contribution in [0.4, 0.5) is 0 Å². The molecule has 6 heteroatoms. The summed E-state index contributed by atoms with van der Waals surface area (Å²) in [4.78, 5) is 25.1. The molecule has 1 amide bonds. The fraction of sp³-hybridized carbons (Fsp3) is 0.250. The van der Waals surface area contributed by atoms with Crippen molar-refractivity contribution in [3.05, 3.63) is 70.1 Å². The first-order valence-corrected chi connectivity index (χ1v) is 8.46. The standard InChI is InChI=1S/C20H21N3O3/c1-4-17(13-9-11-14(26-3)12-10-13)21-19(24)18-15-7-5-6-8-16(15)20(25)23(2)22-18/h5-12,17H,4H2,1-3H3,(H,21,24)/t17-/m1/s1. The molecular weight excluding hydrogens is 330 g/mol. The highest BCUT2D eigenvalue weighted by Gasteiger charge is 2.19. The molecule has 3 aromatic rings. The van der Waals surface area contributed by atoms with E-state index in [-0.39, 0.29) is 23.2 Å². The Morgan fingerprint density at radius 1 is 1.15 bits per heavy atom. The molecule has 1 atom stereocenters. The number of aromatic nitrogens is 2. The van der Waals surface area contributed by atoms with Crippen molar-refractivity contribution in [3.8, 4) is 5.75 Å². The van der Waals surface area contributed by atoms with Gasteiger partial charge in [0.2, 0.25) is 0 Å². The number of methoxy groups -OCH3 is 1. The molecular formula is C20H21N3O3. The molecule has 0 radical (unpaired) electrons. The maximum atomic E-state index is 12.9. The Hall–Kier alpha value is -3.15. The van der Waals surface area contributed by atoms with Crippen LogP contribution in [-0.2, 0) is 7.05 Å². The van der Waals surface area contributed by atoms with Gasteiger partial charge in [0.05, 0.1) is 18.5 Å². The molecule has 0 aliphatic carbocycles. The lowest BCUT2D eigenvalue weighted by atomic mass is 10.0. The number of benzene rings is 2. The highest BCUT2D eigenvalue weighted by molar-refractivity contribution is 6.04. The fourth-order valence-electron chi connectivity index (χ4n) is 2.95. The van der Waals surface area contributed by atoms with Crippen LogP contribution in [0, 0.1) is 0 Å².